The van der Waals surface area contributed by atoms with E-state index < -0.39 is 0 Å². The fourth-order valence-electron chi connectivity index (χ4n) is 2.06. The molecular weight excluding hydrogens is 236 g/mol. The molecule has 0 aliphatic heterocycles. The zero-order valence-corrected chi connectivity index (χ0v) is 12.4. The summed E-state index contributed by atoms with van der Waals surface area (Å²) >= 11 is 0. The molecule has 1 N–H and O–H groups in total. The van der Waals surface area contributed by atoms with Crippen LogP contribution in [0.5, 0.6) is 0 Å². The maximum Gasteiger partial charge on any atom is 0.223 e. The number of carbonyl (C=O) groups is 1. The van der Waals surface area contributed by atoms with Crippen molar-refractivity contribution in [2.75, 3.05) is 19.6 Å². The van der Waals surface area contributed by atoms with Gasteiger partial charge in [0.05, 0.1) is 0 Å². The Morgan fingerprint density at radius 1 is 1.05 bits per heavy atom. The van der Waals surface area contributed by atoms with Gasteiger partial charge in [0.1, 0.15) is 0 Å². The molecule has 106 valence electrons. The summed E-state index contributed by atoms with van der Waals surface area (Å²) in [4.78, 5) is 13.7. The molecule has 3 nitrogen and oxygen atoms in total. The highest BCUT2D eigenvalue weighted by atomic mass is 16.2. The number of benzene rings is 1. The minimum atomic E-state index is 0.235. The smallest absolute Gasteiger partial charge is 0.223 e. The van der Waals surface area contributed by atoms with Gasteiger partial charge in [-0.25, -0.2) is 0 Å². The second kappa shape index (κ2) is 8.70. The molecule has 0 fully saturated rings. The van der Waals surface area contributed by atoms with E-state index in [0.29, 0.717) is 6.42 Å². The van der Waals surface area contributed by atoms with Crippen molar-refractivity contribution in [3.63, 3.8) is 0 Å². The van der Waals surface area contributed by atoms with Gasteiger partial charge in [0, 0.05) is 32.6 Å². The van der Waals surface area contributed by atoms with Gasteiger partial charge in [-0.3, -0.25) is 4.79 Å². The van der Waals surface area contributed by atoms with Crippen molar-refractivity contribution < 1.29 is 4.79 Å². The Morgan fingerprint density at radius 2 is 1.63 bits per heavy atom. The van der Waals surface area contributed by atoms with E-state index in [1.54, 1.807) is 0 Å². The third-order valence-corrected chi connectivity index (χ3v) is 3.39. The van der Waals surface area contributed by atoms with E-state index in [1.165, 1.54) is 11.1 Å². The normalized spacial score (nSPS) is 10.5. The second-order valence-electron chi connectivity index (χ2n) is 4.66. The first kappa shape index (κ1) is 15.7. The lowest BCUT2D eigenvalue weighted by Gasteiger charge is -2.18. The number of carbonyl (C=O) groups excluding carboxylic acids is 1. The predicted molar refractivity (Wildman–Crippen MR) is 80.1 cm³/mol. The maximum atomic E-state index is 11.8. The standard InChI is InChI=1S/C16H26N2O/c1-4-14-7-9-15(10-8-14)13-17-12-11-16(19)18(5-2)6-3/h7-10,17H,4-6,11-13H2,1-3H3. The van der Waals surface area contributed by atoms with E-state index in [-0.39, 0.29) is 5.91 Å². The van der Waals surface area contributed by atoms with Crippen LogP contribution in [0.1, 0.15) is 38.3 Å². The zero-order chi connectivity index (χ0) is 14.1. The van der Waals surface area contributed by atoms with Crippen LogP contribution >= 0.6 is 0 Å². The van der Waals surface area contributed by atoms with Gasteiger partial charge in [0.2, 0.25) is 5.91 Å². The van der Waals surface area contributed by atoms with Gasteiger partial charge < -0.3 is 10.2 Å². The van der Waals surface area contributed by atoms with Crippen molar-refractivity contribution in [2.24, 2.45) is 0 Å². The minimum Gasteiger partial charge on any atom is -0.343 e. The molecule has 0 unspecified atom stereocenters. The highest BCUT2D eigenvalue weighted by Gasteiger charge is 2.07. The molecule has 0 atom stereocenters. The summed E-state index contributed by atoms with van der Waals surface area (Å²) in [5, 5.41) is 3.33. The molecule has 0 spiro atoms. The molecule has 0 saturated carbocycles. The number of hydrogen-bond donors (Lipinski definition) is 1. The monoisotopic (exact) mass is 262 g/mol. The fourth-order valence-corrected chi connectivity index (χ4v) is 2.06. The van der Waals surface area contributed by atoms with E-state index in [9.17, 15) is 4.79 Å². The summed E-state index contributed by atoms with van der Waals surface area (Å²) in [6, 6.07) is 8.63. The minimum absolute atomic E-state index is 0.235. The molecule has 3 heteroatoms. The molecular formula is C16H26N2O. The van der Waals surface area contributed by atoms with Crippen LogP contribution in [-0.2, 0) is 17.8 Å². The number of hydrogen-bond acceptors (Lipinski definition) is 2. The van der Waals surface area contributed by atoms with Crippen LogP contribution < -0.4 is 5.32 Å². The van der Waals surface area contributed by atoms with Crippen molar-refractivity contribution in [3.05, 3.63) is 35.4 Å². The molecule has 19 heavy (non-hydrogen) atoms. The van der Waals surface area contributed by atoms with E-state index in [0.717, 1.165) is 32.6 Å². The predicted octanol–water partition coefficient (Wildman–Crippen LogP) is 2.60. The fraction of sp³-hybridized carbons (Fsp3) is 0.562. The molecule has 0 aromatic heterocycles. The van der Waals surface area contributed by atoms with Crippen LogP contribution in [0.2, 0.25) is 0 Å². The molecule has 1 aromatic rings. The first-order valence-corrected chi connectivity index (χ1v) is 7.27. The Labute approximate surface area is 117 Å². The van der Waals surface area contributed by atoms with Crippen LogP contribution in [0.3, 0.4) is 0 Å². The van der Waals surface area contributed by atoms with E-state index in [1.807, 2.05) is 18.7 Å². The molecule has 1 aromatic carbocycles. The van der Waals surface area contributed by atoms with Crippen LogP contribution in [-0.4, -0.2) is 30.4 Å². The second-order valence-corrected chi connectivity index (χ2v) is 4.66. The Bertz CT molecular complexity index is 369. The van der Waals surface area contributed by atoms with Crippen molar-refractivity contribution in [2.45, 2.75) is 40.2 Å². The van der Waals surface area contributed by atoms with Crippen LogP contribution in [0.15, 0.2) is 24.3 Å². The number of rotatable bonds is 8. The van der Waals surface area contributed by atoms with E-state index in [4.69, 9.17) is 0 Å². The summed E-state index contributed by atoms with van der Waals surface area (Å²) in [6.45, 7) is 9.36. The lowest BCUT2D eigenvalue weighted by atomic mass is 10.1. The van der Waals surface area contributed by atoms with Crippen molar-refractivity contribution in [3.8, 4) is 0 Å². The summed E-state index contributed by atoms with van der Waals surface area (Å²) in [5.41, 5.74) is 2.63. The van der Waals surface area contributed by atoms with Gasteiger partial charge in [-0.15, -0.1) is 0 Å². The Hall–Kier alpha value is -1.35. The van der Waals surface area contributed by atoms with Crippen molar-refractivity contribution in [1.82, 2.24) is 10.2 Å². The number of aryl methyl sites for hydroxylation is 1. The van der Waals surface area contributed by atoms with Gasteiger partial charge in [-0.2, -0.15) is 0 Å². The third kappa shape index (κ3) is 5.43. The first-order chi connectivity index (χ1) is 9.21. The third-order valence-electron chi connectivity index (χ3n) is 3.39. The van der Waals surface area contributed by atoms with Crippen LogP contribution in [0.4, 0.5) is 0 Å². The lowest BCUT2D eigenvalue weighted by Crippen LogP contribution is -2.32. The van der Waals surface area contributed by atoms with Gasteiger partial charge >= 0.3 is 0 Å². The maximum absolute atomic E-state index is 11.8. The quantitative estimate of drug-likeness (QED) is 0.730. The average molecular weight is 262 g/mol. The number of nitrogens with zero attached hydrogens (tertiary/aromatic N) is 1. The van der Waals surface area contributed by atoms with Gasteiger partial charge in [-0.1, -0.05) is 31.2 Å². The van der Waals surface area contributed by atoms with E-state index >= 15 is 0 Å². The summed E-state index contributed by atoms with van der Waals surface area (Å²) in [6.07, 6.45) is 1.65. The molecule has 1 rings (SSSR count). The molecule has 0 aliphatic carbocycles. The Morgan fingerprint density at radius 3 is 2.16 bits per heavy atom. The van der Waals surface area contributed by atoms with Crippen molar-refractivity contribution in [1.29, 1.82) is 0 Å². The Balaban J connectivity index is 2.24. The van der Waals surface area contributed by atoms with Crippen LogP contribution in [0.25, 0.3) is 0 Å². The lowest BCUT2D eigenvalue weighted by molar-refractivity contribution is -0.130. The largest absolute Gasteiger partial charge is 0.343 e. The van der Waals surface area contributed by atoms with Gasteiger partial charge in [0.15, 0.2) is 0 Å². The highest BCUT2D eigenvalue weighted by molar-refractivity contribution is 5.76. The summed E-state index contributed by atoms with van der Waals surface area (Å²) in [5.74, 6) is 0.235. The number of nitrogens with one attached hydrogen (secondary N) is 1. The summed E-state index contributed by atoms with van der Waals surface area (Å²) in [7, 11) is 0. The molecule has 1 amide bonds. The van der Waals surface area contributed by atoms with Gasteiger partial charge in [0.25, 0.3) is 0 Å². The molecule has 0 radical (unpaired) electrons. The molecule has 0 heterocycles. The molecule has 0 bridgehead atoms. The number of amides is 1. The molecule has 0 saturated heterocycles. The summed E-state index contributed by atoms with van der Waals surface area (Å²) < 4.78 is 0. The van der Waals surface area contributed by atoms with Gasteiger partial charge in [-0.05, 0) is 31.4 Å². The average Bonchev–Trinajstić information content (AvgIpc) is 2.45. The van der Waals surface area contributed by atoms with Crippen molar-refractivity contribution >= 4 is 5.91 Å². The Kier molecular flexibility index (Phi) is 7.19. The topological polar surface area (TPSA) is 32.3 Å². The highest BCUT2D eigenvalue weighted by Crippen LogP contribution is 2.04. The SMILES string of the molecule is CCc1ccc(CNCCC(=O)N(CC)CC)cc1. The van der Waals surface area contributed by atoms with E-state index in [2.05, 4.69) is 36.5 Å². The van der Waals surface area contributed by atoms with Crippen LogP contribution in [0, 0.1) is 0 Å². The zero-order valence-electron chi connectivity index (χ0n) is 12.4. The first-order valence-electron chi connectivity index (χ1n) is 7.27. The molecule has 0 aliphatic rings.